The summed E-state index contributed by atoms with van der Waals surface area (Å²) in [4.78, 5) is 30.4. The Hall–Kier alpha value is -3.67. The third-order valence-electron chi connectivity index (χ3n) is 6.23. The maximum absolute atomic E-state index is 12.9. The van der Waals surface area contributed by atoms with Crippen molar-refractivity contribution >= 4 is 40.8 Å². The zero-order valence-corrected chi connectivity index (χ0v) is 23.6. The van der Waals surface area contributed by atoms with Crippen LogP contribution in [0.25, 0.3) is 0 Å². The summed E-state index contributed by atoms with van der Waals surface area (Å²) in [6.07, 6.45) is 2.31. The first-order chi connectivity index (χ1) is 18.9. The van der Waals surface area contributed by atoms with E-state index in [9.17, 15) is 9.59 Å². The number of ketones is 1. The van der Waals surface area contributed by atoms with Crippen molar-refractivity contribution in [3.05, 3.63) is 135 Å². The molecule has 6 heteroatoms. The lowest BCUT2D eigenvalue weighted by Crippen LogP contribution is -2.05. The van der Waals surface area contributed by atoms with Crippen LogP contribution in [0.4, 0.5) is 0 Å². The van der Waals surface area contributed by atoms with E-state index >= 15 is 0 Å². The number of aryl methyl sites for hydroxylation is 1. The van der Waals surface area contributed by atoms with Crippen LogP contribution >= 0.6 is 23.4 Å². The van der Waals surface area contributed by atoms with Crippen molar-refractivity contribution in [3.8, 4) is 0 Å². The number of oxime groups is 1. The van der Waals surface area contributed by atoms with Gasteiger partial charge in [-0.3, -0.25) is 4.79 Å². The number of thioether (sulfide) groups is 1. The predicted molar refractivity (Wildman–Crippen MR) is 160 cm³/mol. The number of hydrogen-bond acceptors (Lipinski definition) is 5. The Morgan fingerprint density at radius 3 is 2.05 bits per heavy atom. The maximum Gasteiger partial charge on any atom is 0.331 e. The topological polar surface area (TPSA) is 55.7 Å². The molecular formula is C33H30ClNO3S. The van der Waals surface area contributed by atoms with Crippen molar-refractivity contribution < 1.29 is 14.4 Å². The molecule has 0 aliphatic carbocycles. The monoisotopic (exact) mass is 555 g/mol. The number of benzene rings is 4. The molecule has 4 rings (SSSR count). The SMILES string of the molecule is CC(=O)O/N=C(\CCCSc1ccc(Cl)cc1)c1ccc(Cc2ccc(C(=O)c3ccccc3C)cc2)cc1. The van der Waals surface area contributed by atoms with Gasteiger partial charge in [0.2, 0.25) is 0 Å². The molecule has 0 fully saturated rings. The van der Waals surface area contributed by atoms with Gasteiger partial charge in [-0.1, -0.05) is 89.6 Å². The lowest BCUT2D eigenvalue weighted by atomic mass is 9.96. The van der Waals surface area contributed by atoms with Gasteiger partial charge in [-0.05, 0) is 78.5 Å². The molecule has 0 radical (unpaired) electrons. The van der Waals surface area contributed by atoms with Crippen LogP contribution in [-0.2, 0) is 16.1 Å². The zero-order valence-electron chi connectivity index (χ0n) is 22.0. The summed E-state index contributed by atoms with van der Waals surface area (Å²) >= 11 is 7.72. The van der Waals surface area contributed by atoms with E-state index in [4.69, 9.17) is 16.4 Å². The summed E-state index contributed by atoms with van der Waals surface area (Å²) in [6.45, 7) is 3.30. The normalized spacial score (nSPS) is 11.3. The summed E-state index contributed by atoms with van der Waals surface area (Å²) in [5.41, 5.74) is 6.32. The molecule has 39 heavy (non-hydrogen) atoms. The Bertz CT molecular complexity index is 1450. The molecule has 198 valence electrons. The highest BCUT2D eigenvalue weighted by atomic mass is 35.5. The van der Waals surface area contributed by atoms with Crippen molar-refractivity contribution in [2.75, 3.05) is 5.75 Å². The smallest absolute Gasteiger partial charge is 0.318 e. The molecule has 0 aromatic heterocycles. The molecule has 0 heterocycles. The summed E-state index contributed by atoms with van der Waals surface area (Å²) in [6, 6.07) is 31.4. The average Bonchev–Trinajstić information content (AvgIpc) is 2.94. The Balaban J connectivity index is 1.37. The van der Waals surface area contributed by atoms with Crippen LogP contribution in [0.3, 0.4) is 0 Å². The van der Waals surface area contributed by atoms with Crippen LogP contribution in [0.1, 0.15) is 57.9 Å². The minimum Gasteiger partial charge on any atom is -0.318 e. The lowest BCUT2D eigenvalue weighted by Gasteiger charge is -2.09. The summed E-state index contributed by atoms with van der Waals surface area (Å²) < 4.78 is 0. The molecule has 0 spiro atoms. The molecule has 0 aliphatic heterocycles. The van der Waals surface area contributed by atoms with Crippen molar-refractivity contribution in [2.24, 2.45) is 5.16 Å². The molecule has 0 saturated carbocycles. The Kier molecular flexibility index (Phi) is 10.1. The van der Waals surface area contributed by atoms with Gasteiger partial charge in [-0.2, -0.15) is 0 Å². The second kappa shape index (κ2) is 13.9. The third-order valence-corrected chi connectivity index (χ3v) is 7.58. The number of rotatable bonds is 11. The van der Waals surface area contributed by atoms with Gasteiger partial charge in [0.1, 0.15) is 0 Å². The number of carbonyl (C=O) groups excluding carboxylic acids is 2. The van der Waals surface area contributed by atoms with Crippen molar-refractivity contribution in [2.45, 2.75) is 38.0 Å². The molecule has 0 saturated heterocycles. The van der Waals surface area contributed by atoms with Crippen LogP contribution in [0.15, 0.2) is 107 Å². The molecule has 0 bridgehead atoms. The second-order valence-corrected chi connectivity index (χ2v) is 10.8. The quantitative estimate of drug-likeness (QED) is 0.0466. The van der Waals surface area contributed by atoms with Crippen molar-refractivity contribution in [1.29, 1.82) is 0 Å². The van der Waals surface area contributed by atoms with Gasteiger partial charge in [-0.25, -0.2) is 4.79 Å². The van der Waals surface area contributed by atoms with Gasteiger partial charge >= 0.3 is 5.97 Å². The first-order valence-electron chi connectivity index (χ1n) is 12.8. The van der Waals surface area contributed by atoms with E-state index in [1.54, 1.807) is 11.8 Å². The fourth-order valence-corrected chi connectivity index (χ4v) is 5.11. The number of hydrogen-bond donors (Lipinski definition) is 0. The van der Waals surface area contributed by atoms with E-state index in [1.807, 2.05) is 91.9 Å². The molecule has 4 aromatic rings. The van der Waals surface area contributed by atoms with E-state index < -0.39 is 5.97 Å². The highest BCUT2D eigenvalue weighted by Gasteiger charge is 2.12. The number of nitrogens with zero attached hydrogens (tertiary/aromatic N) is 1. The molecule has 0 atom stereocenters. The predicted octanol–water partition coefficient (Wildman–Crippen LogP) is 8.31. The largest absolute Gasteiger partial charge is 0.331 e. The molecule has 4 aromatic carbocycles. The second-order valence-electron chi connectivity index (χ2n) is 9.24. The maximum atomic E-state index is 12.9. The van der Waals surface area contributed by atoms with Gasteiger partial charge < -0.3 is 4.84 Å². The minimum atomic E-state index is -0.441. The van der Waals surface area contributed by atoms with Gasteiger partial charge in [0.25, 0.3) is 0 Å². The summed E-state index contributed by atoms with van der Waals surface area (Å²) in [5, 5.41) is 4.85. The molecule has 0 amide bonds. The fourth-order valence-electron chi connectivity index (χ4n) is 4.13. The standard InChI is InChI=1S/C33H30ClNO3S/c1-23-6-3-4-7-31(23)33(37)28-15-11-26(12-16-28)22-25-9-13-27(14-10-25)32(35-38-24(2)36)8-5-21-39-30-19-17-29(34)18-20-30/h3-4,6-7,9-20H,5,8,21-22H2,1-2H3/b35-32+. The Morgan fingerprint density at radius 1 is 0.821 bits per heavy atom. The number of halogens is 1. The van der Waals surface area contributed by atoms with Crippen LogP contribution in [-0.4, -0.2) is 23.2 Å². The van der Waals surface area contributed by atoms with Crippen LogP contribution in [0.2, 0.25) is 5.02 Å². The average molecular weight is 556 g/mol. The van der Waals surface area contributed by atoms with Crippen LogP contribution in [0.5, 0.6) is 0 Å². The molecular weight excluding hydrogens is 526 g/mol. The van der Waals surface area contributed by atoms with Gasteiger partial charge in [0.15, 0.2) is 5.78 Å². The Labute approximate surface area is 239 Å². The van der Waals surface area contributed by atoms with Crippen molar-refractivity contribution in [1.82, 2.24) is 0 Å². The zero-order chi connectivity index (χ0) is 27.6. The van der Waals surface area contributed by atoms with Gasteiger partial charge in [-0.15, -0.1) is 11.8 Å². The first-order valence-corrected chi connectivity index (χ1v) is 14.2. The van der Waals surface area contributed by atoms with Crippen LogP contribution < -0.4 is 0 Å². The van der Waals surface area contributed by atoms with Gasteiger partial charge in [0, 0.05) is 28.0 Å². The van der Waals surface area contributed by atoms with E-state index in [0.29, 0.717) is 12.0 Å². The van der Waals surface area contributed by atoms with Gasteiger partial charge in [0.05, 0.1) is 5.71 Å². The highest BCUT2D eigenvalue weighted by molar-refractivity contribution is 7.99. The molecule has 0 N–H and O–H groups in total. The summed E-state index contributed by atoms with van der Waals surface area (Å²) in [7, 11) is 0. The fraction of sp³-hybridized carbons (Fsp3) is 0.182. The van der Waals surface area contributed by atoms with E-state index in [1.165, 1.54) is 6.92 Å². The summed E-state index contributed by atoms with van der Waals surface area (Å²) in [5.74, 6) is 0.500. The first kappa shape index (κ1) is 28.3. The minimum absolute atomic E-state index is 0.0372. The molecule has 4 nitrogen and oxygen atoms in total. The third kappa shape index (κ3) is 8.41. The van der Waals surface area contributed by atoms with E-state index in [-0.39, 0.29) is 5.78 Å². The molecule has 0 aliphatic rings. The molecule has 0 unspecified atom stereocenters. The Morgan fingerprint density at radius 2 is 1.44 bits per heavy atom. The van der Waals surface area contributed by atoms with E-state index in [2.05, 4.69) is 17.3 Å². The van der Waals surface area contributed by atoms with Crippen LogP contribution in [0, 0.1) is 6.92 Å². The van der Waals surface area contributed by atoms with E-state index in [0.717, 1.165) is 62.0 Å². The highest BCUT2D eigenvalue weighted by Crippen LogP contribution is 2.22. The lowest BCUT2D eigenvalue weighted by molar-refractivity contribution is -0.140. The van der Waals surface area contributed by atoms with Crippen molar-refractivity contribution in [3.63, 3.8) is 0 Å². The number of carbonyl (C=O) groups is 2.